The number of nitrogens with two attached hydrogens (primary N) is 1. The number of anilines is 3. The number of amidine groups is 1. The summed E-state index contributed by atoms with van der Waals surface area (Å²) in [5, 5.41) is 25.6. The molecule has 5 heterocycles. The van der Waals surface area contributed by atoms with Gasteiger partial charge >= 0.3 is 0 Å². The Morgan fingerprint density at radius 2 is 2.09 bits per heavy atom. The highest BCUT2D eigenvalue weighted by atomic mass is 32.1. The van der Waals surface area contributed by atoms with Gasteiger partial charge in [-0.1, -0.05) is 0 Å². The van der Waals surface area contributed by atoms with Gasteiger partial charge in [0.2, 0.25) is 11.9 Å². The molecule has 2 aromatic heterocycles. The Morgan fingerprint density at radius 1 is 1.28 bits per heavy atom. The number of hydrogen-bond acceptors (Lipinski definition) is 12. The average molecular weight is 607 g/mol. The number of rotatable bonds is 5. The molecule has 1 aliphatic carbocycles. The van der Waals surface area contributed by atoms with Crippen LogP contribution in [0, 0.1) is 16.7 Å². The van der Waals surface area contributed by atoms with E-state index < -0.39 is 5.41 Å². The zero-order chi connectivity index (χ0) is 30.1. The molecule has 5 N–H and O–H groups in total. The summed E-state index contributed by atoms with van der Waals surface area (Å²) in [6.07, 6.45) is 4.25. The van der Waals surface area contributed by atoms with E-state index >= 15 is 0 Å². The number of carbonyl (C=O) groups excluding carboxylic acids is 1. The number of nitriles is 1. The van der Waals surface area contributed by atoms with E-state index in [2.05, 4.69) is 38.3 Å². The van der Waals surface area contributed by atoms with Crippen molar-refractivity contribution in [3.8, 4) is 6.07 Å². The van der Waals surface area contributed by atoms with Crippen LogP contribution >= 0.6 is 11.3 Å². The molecule has 1 unspecified atom stereocenters. The standard InChI is InChI=1S/C30H42N10O2S/c1-19-17-39(20-6-14-42-18-20)10-4-11-40(19)29-35-22(15-24(36-29)38-12-8-34-9-13-38)26(32)37-28(41)30(2)7-3-5-23-25(30)21(16-31)27(33)43-23/h15,19-20,34H,3-14,17-18,33H2,1-2H3,(H2,32,37,41)/t19-,20?,30-/m0/s1. The predicted molar refractivity (Wildman–Crippen MR) is 168 cm³/mol. The summed E-state index contributed by atoms with van der Waals surface area (Å²) in [5.74, 6) is 0.980. The minimum absolute atomic E-state index is 0.0627. The van der Waals surface area contributed by atoms with Crippen LogP contribution in [0.2, 0.25) is 0 Å². The molecule has 3 fully saturated rings. The molecule has 3 atom stereocenters. The molecule has 1 amide bonds. The molecule has 0 bridgehead atoms. The Bertz CT molecular complexity index is 1410. The number of ether oxygens (including phenoxy) is 1. The fourth-order valence-corrected chi connectivity index (χ4v) is 8.20. The third kappa shape index (κ3) is 5.81. The highest BCUT2D eigenvalue weighted by Crippen LogP contribution is 2.45. The number of hydrogen-bond donors (Lipinski definition) is 4. The van der Waals surface area contributed by atoms with Crippen molar-refractivity contribution in [2.24, 2.45) is 0 Å². The SMILES string of the molecule is C[C@H]1CN(C2CCOC2)CCCN1c1nc(C(=N)NC(=O)[C@@]2(C)CCCc3sc(N)c(C#N)c32)cc(N2CCNCC2)n1. The number of nitrogens with one attached hydrogen (secondary N) is 3. The number of nitrogen functional groups attached to an aromatic ring is 1. The lowest BCUT2D eigenvalue weighted by atomic mass is 9.72. The number of carbonyl (C=O) groups is 1. The molecule has 4 aliphatic rings. The molecule has 2 aromatic rings. The largest absolute Gasteiger partial charge is 0.389 e. The van der Waals surface area contributed by atoms with E-state index in [9.17, 15) is 10.1 Å². The normalized spacial score (nSPS) is 26.4. The van der Waals surface area contributed by atoms with Gasteiger partial charge in [0.1, 0.15) is 22.6 Å². The number of fused-ring (bicyclic) bond motifs is 1. The highest BCUT2D eigenvalue weighted by molar-refractivity contribution is 7.16. The van der Waals surface area contributed by atoms with Crippen LogP contribution in [0.1, 0.15) is 61.2 Å². The van der Waals surface area contributed by atoms with Crippen molar-refractivity contribution in [3.63, 3.8) is 0 Å². The quantitative estimate of drug-likeness (QED) is 0.292. The van der Waals surface area contributed by atoms with Crippen molar-refractivity contribution < 1.29 is 9.53 Å². The van der Waals surface area contributed by atoms with Crippen LogP contribution in [0.15, 0.2) is 6.07 Å². The summed E-state index contributed by atoms with van der Waals surface area (Å²) in [6.45, 7) is 11.7. The van der Waals surface area contributed by atoms with Gasteiger partial charge in [0, 0.05) is 81.0 Å². The summed E-state index contributed by atoms with van der Waals surface area (Å²) in [7, 11) is 0. The molecule has 3 saturated heterocycles. The zero-order valence-corrected chi connectivity index (χ0v) is 25.9. The Balaban J connectivity index is 1.28. The highest BCUT2D eigenvalue weighted by Gasteiger charge is 2.43. The first-order chi connectivity index (χ1) is 20.8. The minimum Gasteiger partial charge on any atom is -0.389 e. The third-order valence-corrected chi connectivity index (χ3v) is 10.5. The molecular weight excluding hydrogens is 564 g/mol. The molecule has 0 saturated carbocycles. The Labute approximate surface area is 257 Å². The molecule has 43 heavy (non-hydrogen) atoms. The maximum Gasteiger partial charge on any atom is 0.236 e. The van der Waals surface area contributed by atoms with Crippen LogP contribution in [-0.4, -0.2) is 97.7 Å². The Morgan fingerprint density at radius 3 is 2.84 bits per heavy atom. The van der Waals surface area contributed by atoms with Gasteiger partial charge in [-0.2, -0.15) is 10.2 Å². The van der Waals surface area contributed by atoms with Gasteiger partial charge in [0.15, 0.2) is 5.84 Å². The zero-order valence-electron chi connectivity index (χ0n) is 25.1. The number of thiophene rings is 1. The summed E-state index contributed by atoms with van der Waals surface area (Å²) in [6, 6.07) is 4.67. The fraction of sp³-hybridized carbons (Fsp3) is 0.633. The fourth-order valence-electron chi connectivity index (χ4n) is 7.01. The van der Waals surface area contributed by atoms with Crippen LogP contribution in [0.5, 0.6) is 0 Å². The van der Waals surface area contributed by atoms with Crippen molar-refractivity contribution in [1.29, 1.82) is 10.7 Å². The second kappa shape index (κ2) is 12.4. The summed E-state index contributed by atoms with van der Waals surface area (Å²) in [4.78, 5) is 31.8. The minimum atomic E-state index is -0.955. The van der Waals surface area contributed by atoms with E-state index in [1.54, 1.807) is 0 Å². The number of piperazine rings is 1. The van der Waals surface area contributed by atoms with Crippen molar-refractivity contribution in [3.05, 3.63) is 27.8 Å². The number of nitrogens with zero attached hydrogens (tertiary/aromatic N) is 6. The van der Waals surface area contributed by atoms with Crippen LogP contribution < -0.4 is 26.2 Å². The molecule has 13 heteroatoms. The molecule has 0 spiro atoms. The first-order valence-corrected chi connectivity index (χ1v) is 16.3. The average Bonchev–Trinajstić information content (AvgIpc) is 3.62. The number of aryl methyl sites for hydroxylation is 1. The molecule has 0 radical (unpaired) electrons. The van der Waals surface area contributed by atoms with E-state index in [0.29, 0.717) is 34.7 Å². The molecule has 12 nitrogen and oxygen atoms in total. The molecule has 230 valence electrons. The van der Waals surface area contributed by atoms with Gasteiger partial charge in [-0.15, -0.1) is 11.3 Å². The maximum atomic E-state index is 13.9. The Hall–Kier alpha value is -3.31. The molecule has 3 aliphatic heterocycles. The summed E-state index contributed by atoms with van der Waals surface area (Å²) < 4.78 is 5.67. The van der Waals surface area contributed by atoms with Gasteiger partial charge in [0.05, 0.1) is 17.6 Å². The van der Waals surface area contributed by atoms with Crippen molar-refractivity contribution >= 4 is 39.8 Å². The molecule has 0 aromatic carbocycles. The van der Waals surface area contributed by atoms with E-state index in [-0.39, 0.29) is 17.8 Å². The smallest absolute Gasteiger partial charge is 0.236 e. The Kier molecular flexibility index (Phi) is 8.55. The lowest BCUT2D eigenvalue weighted by Crippen LogP contribution is -2.47. The van der Waals surface area contributed by atoms with Gasteiger partial charge in [-0.3, -0.25) is 15.1 Å². The van der Waals surface area contributed by atoms with Crippen LogP contribution in [-0.2, 0) is 21.4 Å². The number of amides is 1. The molecular formula is C30H42N10O2S. The maximum absolute atomic E-state index is 13.9. The van der Waals surface area contributed by atoms with Gasteiger partial charge in [-0.25, -0.2) is 4.98 Å². The van der Waals surface area contributed by atoms with Gasteiger partial charge in [-0.05, 0) is 46.0 Å². The summed E-state index contributed by atoms with van der Waals surface area (Å²) in [5.41, 5.74) is 6.71. The first kappa shape index (κ1) is 29.7. The predicted octanol–water partition coefficient (Wildman–Crippen LogP) is 1.83. The monoisotopic (exact) mass is 606 g/mol. The second-order valence-electron chi connectivity index (χ2n) is 12.3. The van der Waals surface area contributed by atoms with E-state index in [4.69, 9.17) is 25.8 Å². The first-order valence-electron chi connectivity index (χ1n) is 15.4. The van der Waals surface area contributed by atoms with Crippen LogP contribution in [0.3, 0.4) is 0 Å². The van der Waals surface area contributed by atoms with Crippen molar-refractivity contribution in [2.75, 3.05) is 74.6 Å². The van der Waals surface area contributed by atoms with Crippen LogP contribution in [0.25, 0.3) is 0 Å². The van der Waals surface area contributed by atoms with Gasteiger partial charge in [0.25, 0.3) is 0 Å². The van der Waals surface area contributed by atoms with Gasteiger partial charge < -0.3 is 30.9 Å². The van der Waals surface area contributed by atoms with E-state index in [0.717, 1.165) is 101 Å². The number of aromatic nitrogens is 2. The summed E-state index contributed by atoms with van der Waals surface area (Å²) >= 11 is 1.40. The topological polar surface area (TPSA) is 160 Å². The van der Waals surface area contributed by atoms with E-state index in [1.165, 1.54) is 11.3 Å². The van der Waals surface area contributed by atoms with Crippen molar-refractivity contribution in [1.82, 2.24) is 25.5 Å². The molecule has 6 rings (SSSR count). The van der Waals surface area contributed by atoms with Crippen molar-refractivity contribution in [2.45, 2.75) is 63.5 Å². The van der Waals surface area contributed by atoms with Crippen LogP contribution in [0.4, 0.5) is 16.8 Å². The lowest BCUT2D eigenvalue weighted by Gasteiger charge is -2.34. The third-order valence-electron chi connectivity index (χ3n) is 9.44. The van der Waals surface area contributed by atoms with E-state index in [1.807, 2.05) is 13.0 Å². The second-order valence-corrected chi connectivity index (χ2v) is 13.5. The lowest BCUT2D eigenvalue weighted by molar-refractivity contribution is -0.125.